The van der Waals surface area contributed by atoms with E-state index in [-0.39, 0.29) is 33.9 Å². The topological polar surface area (TPSA) is 105 Å². The lowest BCUT2D eigenvalue weighted by molar-refractivity contribution is -0.384. The van der Waals surface area contributed by atoms with Gasteiger partial charge in [-0.2, -0.15) is 5.10 Å². The van der Waals surface area contributed by atoms with Gasteiger partial charge < -0.3 is 5.11 Å². The highest BCUT2D eigenvalue weighted by Gasteiger charge is 2.26. The minimum Gasteiger partial charge on any atom is -0.507 e. The number of amides is 1. The predicted molar refractivity (Wildman–Crippen MR) is 128 cm³/mol. The highest BCUT2D eigenvalue weighted by atomic mass is 35.5. The number of hydrazone groups is 1. The molecule has 172 valence electrons. The average Bonchev–Trinajstić information content (AvgIpc) is 2.66. The Morgan fingerprint density at radius 3 is 2.19 bits per heavy atom. The SMILES string of the molecule is CC(C)(C)c1cc(CCC(=O)N/N=C\c2ccc(Cl)c([N+](=O)[O-])c2)cc(C(C)(C)C)c1O. The summed E-state index contributed by atoms with van der Waals surface area (Å²) in [4.78, 5) is 22.6. The number of nitrogens with one attached hydrogen (secondary N) is 1. The van der Waals surface area contributed by atoms with Gasteiger partial charge in [-0.1, -0.05) is 71.3 Å². The van der Waals surface area contributed by atoms with Crippen LogP contribution in [0.2, 0.25) is 5.02 Å². The molecule has 0 aliphatic heterocycles. The van der Waals surface area contributed by atoms with Crippen LogP contribution in [0, 0.1) is 10.1 Å². The molecule has 2 rings (SSSR count). The maximum atomic E-state index is 12.3. The molecule has 0 bridgehead atoms. The van der Waals surface area contributed by atoms with Crippen LogP contribution in [0.1, 0.15) is 70.2 Å². The number of rotatable bonds is 6. The van der Waals surface area contributed by atoms with Crippen LogP contribution >= 0.6 is 11.6 Å². The fraction of sp³-hybridized carbons (Fsp3) is 0.417. The van der Waals surface area contributed by atoms with Gasteiger partial charge in [-0.25, -0.2) is 5.43 Å². The number of nitro groups is 1. The number of hydrogen-bond donors (Lipinski definition) is 2. The number of carbonyl (C=O) groups excluding carboxylic acids is 1. The van der Waals surface area contributed by atoms with E-state index in [1.54, 1.807) is 6.07 Å². The van der Waals surface area contributed by atoms with Crippen LogP contribution in [0.5, 0.6) is 5.75 Å². The average molecular weight is 460 g/mol. The Labute approximate surface area is 193 Å². The molecule has 0 saturated carbocycles. The third-order valence-electron chi connectivity index (χ3n) is 5.00. The molecule has 8 heteroatoms. The quantitative estimate of drug-likeness (QED) is 0.331. The lowest BCUT2D eigenvalue weighted by atomic mass is 9.78. The standard InChI is InChI=1S/C24H30ClN3O4/c1-23(2,3)17-11-15(12-18(22(17)30)24(4,5)6)8-10-21(29)27-26-14-16-7-9-19(25)20(13-16)28(31)32/h7,9,11-14,30H,8,10H2,1-6H3,(H,27,29)/b26-14-. The van der Waals surface area contributed by atoms with E-state index in [1.165, 1.54) is 18.3 Å². The summed E-state index contributed by atoms with van der Waals surface area (Å²) in [6.07, 6.45) is 2.02. The van der Waals surface area contributed by atoms with Crippen LogP contribution in [0.25, 0.3) is 0 Å². The number of aromatic hydroxyl groups is 1. The summed E-state index contributed by atoms with van der Waals surface area (Å²) in [5.41, 5.74) is 4.85. The molecule has 0 aromatic heterocycles. The third-order valence-corrected chi connectivity index (χ3v) is 5.32. The number of benzene rings is 2. The molecule has 2 aromatic rings. The number of nitro benzene ring substituents is 1. The first-order valence-corrected chi connectivity index (χ1v) is 10.7. The molecule has 0 radical (unpaired) electrons. The zero-order chi connectivity index (χ0) is 24.3. The van der Waals surface area contributed by atoms with Crippen molar-refractivity contribution in [3.63, 3.8) is 0 Å². The van der Waals surface area contributed by atoms with E-state index < -0.39 is 4.92 Å². The van der Waals surface area contributed by atoms with E-state index in [0.717, 1.165) is 16.7 Å². The predicted octanol–water partition coefficient (Wildman–Crippen LogP) is 5.63. The van der Waals surface area contributed by atoms with Crippen LogP contribution in [0.15, 0.2) is 35.4 Å². The molecular formula is C24H30ClN3O4. The number of phenolic OH excluding ortho intramolecular Hbond substituents is 1. The molecule has 0 saturated heterocycles. The van der Waals surface area contributed by atoms with Crippen molar-refractivity contribution in [3.8, 4) is 5.75 Å². The Hall–Kier alpha value is -2.93. The van der Waals surface area contributed by atoms with Crippen LogP contribution < -0.4 is 5.43 Å². The molecule has 0 atom stereocenters. The summed E-state index contributed by atoms with van der Waals surface area (Å²) in [5.74, 6) is 0.0206. The fourth-order valence-electron chi connectivity index (χ4n) is 3.22. The number of nitrogens with zero attached hydrogens (tertiary/aromatic N) is 2. The molecule has 0 aliphatic rings. The number of carbonyl (C=O) groups is 1. The molecule has 1 amide bonds. The van der Waals surface area contributed by atoms with Crippen LogP contribution in [0.4, 0.5) is 5.69 Å². The zero-order valence-corrected chi connectivity index (χ0v) is 20.1. The van der Waals surface area contributed by atoms with Crippen molar-refractivity contribution in [1.29, 1.82) is 0 Å². The van der Waals surface area contributed by atoms with E-state index in [9.17, 15) is 20.0 Å². The number of halogens is 1. The second-order valence-corrected chi connectivity index (χ2v) is 10.2. The minimum absolute atomic E-state index is 0.0364. The highest BCUT2D eigenvalue weighted by Crippen LogP contribution is 2.40. The van der Waals surface area contributed by atoms with Gasteiger partial charge in [-0.05, 0) is 40.0 Å². The highest BCUT2D eigenvalue weighted by molar-refractivity contribution is 6.32. The Kier molecular flexibility index (Phi) is 7.67. The van der Waals surface area contributed by atoms with Gasteiger partial charge >= 0.3 is 0 Å². The summed E-state index contributed by atoms with van der Waals surface area (Å²) in [5, 5.41) is 25.7. The van der Waals surface area contributed by atoms with E-state index in [0.29, 0.717) is 17.7 Å². The van der Waals surface area contributed by atoms with Gasteiger partial charge in [0.2, 0.25) is 5.91 Å². The molecule has 0 aliphatic carbocycles. The molecule has 2 aromatic carbocycles. The summed E-state index contributed by atoms with van der Waals surface area (Å²) >= 11 is 5.79. The van der Waals surface area contributed by atoms with Crippen LogP contribution in [-0.4, -0.2) is 22.2 Å². The Morgan fingerprint density at radius 2 is 1.69 bits per heavy atom. The van der Waals surface area contributed by atoms with Crippen molar-refractivity contribution in [2.45, 2.75) is 65.2 Å². The number of phenols is 1. The van der Waals surface area contributed by atoms with Crippen molar-refractivity contribution in [2.24, 2.45) is 5.10 Å². The van der Waals surface area contributed by atoms with Crippen molar-refractivity contribution in [3.05, 3.63) is 67.7 Å². The Morgan fingerprint density at radius 1 is 1.12 bits per heavy atom. The number of hydrogen-bond acceptors (Lipinski definition) is 5. The smallest absolute Gasteiger partial charge is 0.288 e. The summed E-state index contributed by atoms with van der Waals surface area (Å²) in [7, 11) is 0. The van der Waals surface area contributed by atoms with Gasteiger partial charge in [0.1, 0.15) is 10.8 Å². The van der Waals surface area contributed by atoms with Crippen molar-refractivity contribution in [2.75, 3.05) is 0 Å². The van der Waals surface area contributed by atoms with Crippen molar-refractivity contribution >= 4 is 29.4 Å². The minimum atomic E-state index is -0.576. The fourth-order valence-corrected chi connectivity index (χ4v) is 3.41. The zero-order valence-electron chi connectivity index (χ0n) is 19.3. The van der Waals surface area contributed by atoms with Crippen molar-refractivity contribution in [1.82, 2.24) is 5.43 Å². The second-order valence-electron chi connectivity index (χ2n) is 9.80. The molecule has 0 spiro atoms. The summed E-state index contributed by atoms with van der Waals surface area (Å²) < 4.78 is 0. The van der Waals surface area contributed by atoms with E-state index in [2.05, 4.69) is 10.5 Å². The molecule has 0 heterocycles. The number of aryl methyl sites for hydroxylation is 1. The van der Waals surface area contributed by atoms with Crippen LogP contribution in [0.3, 0.4) is 0 Å². The second kappa shape index (κ2) is 9.69. The maximum absolute atomic E-state index is 12.3. The summed E-state index contributed by atoms with van der Waals surface area (Å²) in [6.45, 7) is 12.3. The largest absolute Gasteiger partial charge is 0.507 e. The molecular weight excluding hydrogens is 430 g/mol. The lowest BCUT2D eigenvalue weighted by Crippen LogP contribution is -2.20. The molecule has 0 fully saturated rings. The Balaban J connectivity index is 2.10. The summed E-state index contributed by atoms with van der Waals surface area (Å²) in [6, 6.07) is 8.18. The van der Waals surface area contributed by atoms with Gasteiger partial charge in [-0.3, -0.25) is 14.9 Å². The lowest BCUT2D eigenvalue weighted by Gasteiger charge is -2.28. The van der Waals surface area contributed by atoms with E-state index in [1.807, 2.05) is 53.7 Å². The first-order valence-electron chi connectivity index (χ1n) is 10.3. The molecule has 2 N–H and O–H groups in total. The first-order chi connectivity index (χ1) is 14.7. The van der Waals surface area contributed by atoms with E-state index in [4.69, 9.17) is 11.6 Å². The normalized spacial score (nSPS) is 12.2. The van der Waals surface area contributed by atoms with Crippen LogP contribution in [-0.2, 0) is 22.0 Å². The third kappa shape index (κ3) is 6.53. The van der Waals surface area contributed by atoms with Gasteiger partial charge in [0.15, 0.2) is 0 Å². The van der Waals surface area contributed by atoms with Gasteiger partial charge in [0.05, 0.1) is 11.1 Å². The molecule has 7 nitrogen and oxygen atoms in total. The monoisotopic (exact) mass is 459 g/mol. The van der Waals surface area contributed by atoms with Gasteiger partial charge in [0, 0.05) is 18.1 Å². The van der Waals surface area contributed by atoms with E-state index >= 15 is 0 Å². The Bertz CT molecular complexity index is 1020. The van der Waals surface area contributed by atoms with Crippen molar-refractivity contribution < 1.29 is 14.8 Å². The maximum Gasteiger partial charge on any atom is 0.288 e. The van der Waals surface area contributed by atoms with Gasteiger partial charge in [-0.15, -0.1) is 0 Å². The first kappa shape index (κ1) is 25.3. The van der Waals surface area contributed by atoms with Gasteiger partial charge in [0.25, 0.3) is 5.69 Å². The molecule has 32 heavy (non-hydrogen) atoms. The molecule has 0 unspecified atom stereocenters.